The molecule has 0 bridgehead atoms. The highest BCUT2D eigenvalue weighted by atomic mass is 19.2. The van der Waals surface area contributed by atoms with Gasteiger partial charge < -0.3 is 9.47 Å². The summed E-state index contributed by atoms with van der Waals surface area (Å²) in [4.78, 5) is 0. The van der Waals surface area contributed by atoms with Gasteiger partial charge in [-0.1, -0.05) is 19.8 Å². The summed E-state index contributed by atoms with van der Waals surface area (Å²) in [7, 11) is 1.52. The minimum absolute atomic E-state index is 0.140. The number of fused-ring (bicyclic) bond motifs is 1. The molecule has 0 amide bonds. The smallest absolute Gasteiger partial charge is 0.162 e. The molecule has 0 saturated heterocycles. The Bertz CT molecular complexity index is 522. The quantitative estimate of drug-likeness (QED) is 0.810. The van der Waals surface area contributed by atoms with E-state index in [9.17, 15) is 8.78 Å². The van der Waals surface area contributed by atoms with Gasteiger partial charge in [0.2, 0.25) is 0 Å². The van der Waals surface area contributed by atoms with Crippen LogP contribution in [0, 0.1) is 17.6 Å². The molecule has 1 heterocycles. The minimum Gasteiger partial charge on any atom is -0.356 e. The van der Waals surface area contributed by atoms with Crippen molar-refractivity contribution < 1.29 is 18.3 Å². The van der Waals surface area contributed by atoms with Gasteiger partial charge in [0.1, 0.15) is 0 Å². The fourth-order valence-corrected chi connectivity index (χ4v) is 3.52. The highest BCUT2D eigenvalue weighted by Crippen LogP contribution is 2.39. The van der Waals surface area contributed by atoms with E-state index >= 15 is 0 Å². The average Bonchev–Trinajstić information content (AvgIpc) is 2.51. The first-order valence-electron chi connectivity index (χ1n) is 7.74. The molecule has 1 unspecified atom stereocenters. The molecule has 0 aromatic heterocycles. The first-order chi connectivity index (χ1) is 10.1. The molecule has 1 atom stereocenters. The molecule has 2 nitrogen and oxygen atoms in total. The van der Waals surface area contributed by atoms with E-state index in [0.717, 1.165) is 31.2 Å². The highest BCUT2D eigenvalue weighted by Gasteiger charge is 2.29. The van der Waals surface area contributed by atoms with Crippen molar-refractivity contribution in [2.45, 2.75) is 57.8 Å². The predicted molar refractivity (Wildman–Crippen MR) is 76.0 cm³/mol. The Labute approximate surface area is 124 Å². The first kappa shape index (κ1) is 14.9. The van der Waals surface area contributed by atoms with Crippen LogP contribution in [0.2, 0.25) is 0 Å². The zero-order valence-electron chi connectivity index (χ0n) is 12.6. The maximum absolute atomic E-state index is 14.4. The number of hydrogen-bond acceptors (Lipinski definition) is 2. The van der Waals surface area contributed by atoms with Crippen LogP contribution in [0.4, 0.5) is 8.78 Å². The van der Waals surface area contributed by atoms with Crippen molar-refractivity contribution in [3.05, 3.63) is 34.4 Å². The van der Waals surface area contributed by atoms with E-state index < -0.39 is 17.9 Å². The SMILES string of the molecule is COC1Cc2c(cc(C3CCC(C)CC3)c(F)c2F)CO1. The van der Waals surface area contributed by atoms with Gasteiger partial charge in [-0.3, -0.25) is 0 Å². The summed E-state index contributed by atoms with van der Waals surface area (Å²) in [6.07, 6.45) is 3.86. The number of rotatable bonds is 2. The summed E-state index contributed by atoms with van der Waals surface area (Å²) in [6.45, 7) is 2.51. The van der Waals surface area contributed by atoms with E-state index in [-0.39, 0.29) is 12.3 Å². The van der Waals surface area contributed by atoms with Crippen LogP contribution in [0.5, 0.6) is 0 Å². The lowest BCUT2D eigenvalue weighted by Gasteiger charge is -2.29. The van der Waals surface area contributed by atoms with E-state index in [4.69, 9.17) is 9.47 Å². The van der Waals surface area contributed by atoms with E-state index in [0.29, 0.717) is 23.7 Å². The third-order valence-corrected chi connectivity index (χ3v) is 4.94. The molecule has 1 aliphatic heterocycles. The van der Waals surface area contributed by atoms with Gasteiger partial charge in [-0.05, 0) is 41.9 Å². The Morgan fingerprint density at radius 2 is 1.86 bits per heavy atom. The largest absolute Gasteiger partial charge is 0.356 e. The molecule has 1 fully saturated rings. The molecule has 3 rings (SSSR count). The van der Waals surface area contributed by atoms with Gasteiger partial charge in [0.25, 0.3) is 0 Å². The molecule has 1 aromatic carbocycles. The van der Waals surface area contributed by atoms with E-state index in [2.05, 4.69) is 6.92 Å². The molecule has 4 heteroatoms. The predicted octanol–water partition coefficient (Wildman–Crippen LogP) is 4.30. The second-order valence-electron chi connectivity index (χ2n) is 6.37. The van der Waals surface area contributed by atoms with Crippen LogP contribution < -0.4 is 0 Å². The van der Waals surface area contributed by atoms with Crippen LogP contribution in [0.25, 0.3) is 0 Å². The highest BCUT2D eigenvalue weighted by molar-refractivity contribution is 5.37. The summed E-state index contributed by atoms with van der Waals surface area (Å²) >= 11 is 0. The summed E-state index contributed by atoms with van der Waals surface area (Å²) in [6, 6.07) is 1.82. The fraction of sp³-hybridized carbons (Fsp3) is 0.647. The van der Waals surface area contributed by atoms with Gasteiger partial charge in [0, 0.05) is 19.1 Å². The number of hydrogen-bond donors (Lipinski definition) is 0. The third kappa shape index (κ3) is 2.84. The van der Waals surface area contributed by atoms with Crippen molar-refractivity contribution in [3.63, 3.8) is 0 Å². The zero-order chi connectivity index (χ0) is 15.0. The van der Waals surface area contributed by atoms with Crippen molar-refractivity contribution in [3.8, 4) is 0 Å². The Hall–Kier alpha value is -1.00. The lowest BCUT2D eigenvalue weighted by molar-refractivity contribution is -0.138. The lowest BCUT2D eigenvalue weighted by atomic mass is 9.78. The molecule has 0 spiro atoms. The first-order valence-corrected chi connectivity index (χ1v) is 7.74. The Kier molecular flexibility index (Phi) is 4.27. The Morgan fingerprint density at radius 1 is 1.14 bits per heavy atom. The maximum atomic E-state index is 14.4. The average molecular weight is 296 g/mol. The Balaban J connectivity index is 1.91. The molecular formula is C17H22F2O2. The fourth-order valence-electron chi connectivity index (χ4n) is 3.52. The summed E-state index contributed by atoms with van der Waals surface area (Å²) in [5, 5.41) is 0. The van der Waals surface area contributed by atoms with Crippen LogP contribution in [-0.4, -0.2) is 13.4 Å². The monoisotopic (exact) mass is 296 g/mol. The van der Waals surface area contributed by atoms with Gasteiger partial charge in [-0.15, -0.1) is 0 Å². The molecule has 2 aliphatic rings. The third-order valence-electron chi connectivity index (χ3n) is 4.94. The number of halogens is 2. The van der Waals surface area contributed by atoms with E-state index in [1.165, 1.54) is 7.11 Å². The molecule has 1 saturated carbocycles. The minimum atomic E-state index is -0.702. The summed E-state index contributed by atoms with van der Waals surface area (Å²) in [5.41, 5.74) is 1.73. The van der Waals surface area contributed by atoms with Crippen LogP contribution in [-0.2, 0) is 22.5 Å². The van der Waals surface area contributed by atoms with Crippen molar-refractivity contribution in [1.29, 1.82) is 0 Å². The molecule has 0 N–H and O–H groups in total. The van der Waals surface area contributed by atoms with Crippen molar-refractivity contribution >= 4 is 0 Å². The second-order valence-corrected chi connectivity index (χ2v) is 6.37. The molecule has 1 aromatic rings. The summed E-state index contributed by atoms with van der Waals surface area (Å²) < 4.78 is 39.4. The van der Waals surface area contributed by atoms with Gasteiger partial charge in [0.15, 0.2) is 17.9 Å². The van der Waals surface area contributed by atoms with Crippen LogP contribution in [0.15, 0.2) is 6.07 Å². The van der Waals surface area contributed by atoms with Crippen LogP contribution >= 0.6 is 0 Å². The zero-order valence-corrected chi connectivity index (χ0v) is 12.6. The number of benzene rings is 1. The van der Waals surface area contributed by atoms with Crippen molar-refractivity contribution in [1.82, 2.24) is 0 Å². The molecule has 1 aliphatic carbocycles. The molecule has 21 heavy (non-hydrogen) atoms. The van der Waals surface area contributed by atoms with Crippen molar-refractivity contribution in [2.24, 2.45) is 5.92 Å². The number of ether oxygens (including phenoxy) is 2. The second kappa shape index (κ2) is 6.01. The standard InChI is InChI=1S/C17H22F2O2/c1-10-3-5-11(6-4-10)13-7-12-9-21-15(20-2)8-14(12)17(19)16(13)18/h7,10-11,15H,3-6,8-9H2,1-2H3. The van der Waals surface area contributed by atoms with Crippen LogP contribution in [0.1, 0.15) is 55.2 Å². The lowest BCUT2D eigenvalue weighted by Crippen LogP contribution is -2.26. The number of methoxy groups -OCH3 is 1. The van der Waals surface area contributed by atoms with Gasteiger partial charge in [-0.2, -0.15) is 0 Å². The van der Waals surface area contributed by atoms with Crippen LogP contribution in [0.3, 0.4) is 0 Å². The molecular weight excluding hydrogens is 274 g/mol. The molecule has 116 valence electrons. The van der Waals surface area contributed by atoms with Gasteiger partial charge >= 0.3 is 0 Å². The Morgan fingerprint density at radius 3 is 2.52 bits per heavy atom. The van der Waals surface area contributed by atoms with Crippen molar-refractivity contribution in [2.75, 3.05) is 7.11 Å². The van der Waals surface area contributed by atoms with Gasteiger partial charge in [-0.25, -0.2) is 8.78 Å². The summed E-state index contributed by atoms with van der Waals surface area (Å²) in [5.74, 6) is -0.532. The normalized spacial score (nSPS) is 29.2. The molecule has 0 radical (unpaired) electrons. The van der Waals surface area contributed by atoms with E-state index in [1.54, 1.807) is 0 Å². The maximum Gasteiger partial charge on any atom is 0.162 e. The van der Waals surface area contributed by atoms with Gasteiger partial charge in [0.05, 0.1) is 6.61 Å². The topological polar surface area (TPSA) is 18.5 Å². The van der Waals surface area contributed by atoms with E-state index in [1.807, 2.05) is 6.07 Å².